The number of piperidine rings is 1. The maximum Gasteiger partial charge on any atom is 0.224 e. The molecule has 0 aromatic heterocycles. The maximum absolute atomic E-state index is 13.0. The van der Waals surface area contributed by atoms with Crippen LogP contribution in [0.2, 0.25) is 0 Å². The smallest absolute Gasteiger partial charge is 0.224 e. The van der Waals surface area contributed by atoms with E-state index in [9.17, 15) is 9.18 Å². The highest BCUT2D eigenvalue weighted by Crippen LogP contribution is 2.19. The Bertz CT molecular complexity index is 714. The van der Waals surface area contributed by atoms with Crippen molar-refractivity contribution in [1.82, 2.24) is 10.2 Å². The van der Waals surface area contributed by atoms with Crippen LogP contribution in [0.15, 0.2) is 48.5 Å². The summed E-state index contributed by atoms with van der Waals surface area (Å²) in [5.41, 5.74) is 3.42. The molecule has 3 rings (SSSR count). The van der Waals surface area contributed by atoms with E-state index in [2.05, 4.69) is 29.3 Å². The summed E-state index contributed by atoms with van der Waals surface area (Å²) in [4.78, 5) is 14.8. The predicted octanol–water partition coefficient (Wildman–Crippen LogP) is 3.66. The fourth-order valence-corrected chi connectivity index (χ4v) is 3.42. The maximum atomic E-state index is 13.0. The van der Waals surface area contributed by atoms with E-state index < -0.39 is 0 Å². The topological polar surface area (TPSA) is 32.3 Å². The van der Waals surface area contributed by atoms with Crippen molar-refractivity contribution >= 4 is 5.91 Å². The van der Waals surface area contributed by atoms with Gasteiger partial charge in [-0.25, -0.2) is 4.39 Å². The van der Waals surface area contributed by atoms with Crippen LogP contribution >= 0.6 is 0 Å². The molecule has 4 heteroatoms. The van der Waals surface area contributed by atoms with E-state index in [0.29, 0.717) is 6.54 Å². The van der Waals surface area contributed by atoms with Crippen molar-refractivity contribution in [2.45, 2.75) is 32.9 Å². The SMILES string of the molecule is Cc1cccc(CNC(=O)[C@@H]2CCCN(Cc3ccc(F)cc3)C2)c1. The molecule has 1 N–H and O–H groups in total. The first kappa shape index (κ1) is 17.6. The molecular formula is C21H25FN2O. The number of hydrogen-bond donors (Lipinski definition) is 1. The minimum absolute atomic E-state index is 0.0269. The van der Waals surface area contributed by atoms with Gasteiger partial charge in [0.2, 0.25) is 5.91 Å². The Morgan fingerprint density at radius 2 is 2.00 bits per heavy atom. The zero-order valence-corrected chi connectivity index (χ0v) is 14.7. The van der Waals surface area contributed by atoms with Crippen LogP contribution in [0.5, 0.6) is 0 Å². The monoisotopic (exact) mass is 340 g/mol. The van der Waals surface area contributed by atoms with E-state index in [-0.39, 0.29) is 17.6 Å². The second kappa shape index (κ2) is 8.26. The largest absolute Gasteiger partial charge is 0.352 e. The minimum atomic E-state index is -0.212. The molecule has 1 fully saturated rings. The summed E-state index contributed by atoms with van der Waals surface area (Å²) in [5, 5.41) is 3.07. The van der Waals surface area contributed by atoms with Gasteiger partial charge < -0.3 is 5.32 Å². The normalized spacial score (nSPS) is 18.1. The highest BCUT2D eigenvalue weighted by Gasteiger charge is 2.25. The van der Waals surface area contributed by atoms with Crippen LogP contribution in [-0.2, 0) is 17.9 Å². The highest BCUT2D eigenvalue weighted by molar-refractivity contribution is 5.79. The van der Waals surface area contributed by atoms with E-state index in [4.69, 9.17) is 0 Å². The summed E-state index contributed by atoms with van der Waals surface area (Å²) in [5.74, 6) is -0.0554. The van der Waals surface area contributed by atoms with Gasteiger partial charge in [0, 0.05) is 19.6 Å². The van der Waals surface area contributed by atoms with Gasteiger partial charge in [-0.05, 0) is 49.6 Å². The molecular weight excluding hydrogens is 315 g/mol. The number of halogens is 1. The van der Waals surface area contributed by atoms with Gasteiger partial charge in [-0.1, -0.05) is 42.0 Å². The van der Waals surface area contributed by atoms with Crippen LogP contribution in [0.3, 0.4) is 0 Å². The molecule has 1 aliphatic heterocycles. The van der Waals surface area contributed by atoms with Crippen LogP contribution in [0.1, 0.15) is 29.5 Å². The Hall–Kier alpha value is -2.20. The van der Waals surface area contributed by atoms with Crippen LogP contribution < -0.4 is 5.32 Å². The number of likely N-dealkylation sites (tertiary alicyclic amines) is 1. The summed E-state index contributed by atoms with van der Waals surface area (Å²) in [7, 11) is 0. The number of nitrogens with zero attached hydrogens (tertiary/aromatic N) is 1. The molecule has 1 heterocycles. The van der Waals surface area contributed by atoms with Crippen molar-refractivity contribution in [2.24, 2.45) is 5.92 Å². The van der Waals surface area contributed by atoms with Crippen molar-refractivity contribution in [3.8, 4) is 0 Å². The number of rotatable bonds is 5. The second-order valence-corrected chi connectivity index (χ2v) is 6.91. The van der Waals surface area contributed by atoms with E-state index in [1.165, 1.54) is 17.7 Å². The minimum Gasteiger partial charge on any atom is -0.352 e. The third-order valence-corrected chi connectivity index (χ3v) is 4.74. The van der Waals surface area contributed by atoms with E-state index in [0.717, 1.165) is 43.6 Å². The molecule has 0 unspecified atom stereocenters. The molecule has 1 aliphatic rings. The predicted molar refractivity (Wildman–Crippen MR) is 97.4 cm³/mol. The number of carbonyl (C=O) groups excluding carboxylic acids is 1. The van der Waals surface area contributed by atoms with Crippen molar-refractivity contribution in [1.29, 1.82) is 0 Å². The molecule has 3 nitrogen and oxygen atoms in total. The number of hydrogen-bond acceptors (Lipinski definition) is 2. The van der Waals surface area contributed by atoms with Gasteiger partial charge in [0.15, 0.2) is 0 Å². The van der Waals surface area contributed by atoms with E-state index >= 15 is 0 Å². The van der Waals surface area contributed by atoms with Gasteiger partial charge >= 0.3 is 0 Å². The zero-order valence-electron chi connectivity index (χ0n) is 14.7. The molecule has 1 amide bonds. The first-order chi connectivity index (χ1) is 12.1. The van der Waals surface area contributed by atoms with Crippen LogP contribution in [0.25, 0.3) is 0 Å². The number of carbonyl (C=O) groups is 1. The third kappa shape index (κ3) is 5.13. The average Bonchev–Trinajstić information content (AvgIpc) is 2.62. The quantitative estimate of drug-likeness (QED) is 0.901. The van der Waals surface area contributed by atoms with Crippen molar-refractivity contribution in [3.05, 3.63) is 71.0 Å². The molecule has 25 heavy (non-hydrogen) atoms. The molecule has 0 aliphatic carbocycles. The van der Waals surface area contributed by atoms with Crippen LogP contribution in [0.4, 0.5) is 4.39 Å². The Morgan fingerprint density at radius 1 is 1.20 bits per heavy atom. The van der Waals surface area contributed by atoms with Gasteiger partial charge in [-0.2, -0.15) is 0 Å². The average molecular weight is 340 g/mol. The molecule has 2 aromatic carbocycles. The summed E-state index contributed by atoms with van der Waals surface area (Å²) in [6.45, 7) is 5.15. The lowest BCUT2D eigenvalue weighted by atomic mass is 9.96. The Balaban J connectivity index is 1.51. The highest BCUT2D eigenvalue weighted by atomic mass is 19.1. The summed E-state index contributed by atoms with van der Waals surface area (Å²) in [6, 6.07) is 14.8. The first-order valence-electron chi connectivity index (χ1n) is 8.90. The number of benzene rings is 2. The van der Waals surface area contributed by atoms with Crippen LogP contribution in [0, 0.1) is 18.7 Å². The first-order valence-corrected chi connectivity index (χ1v) is 8.90. The van der Waals surface area contributed by atoms with Crippen molar-refractivity contribution < 1.29 is 9.18 Å². The molecule has 0 radical (unpaired) electrons. The number of amides is 1. The van der Waals surface area contributed by atoms with Gasteiger partial charge in [0.1, 0.15) is 5.82 Å². The lowest BCUT2D eigenvalue weighted by Crippen LogP contribution is -2.42. The number of aryl methyl sites for hydroxylation is 1. The molecule has 1 atom stereocenters. The third-order valence-electron chi connectivity index (χ3n) is 4.74. The summed E-state index contributed by atoms with van der Waals surface area (Å²) in [6.07, 6.45) is 1.95. The molecule has 2 aromatic rings. The standard InChI is InChI=1S/C21H25FN2O/c1-16-4-2-5-18(12-16)13-23-21(25)19-6-3-11-24(15-19)14-17-7-9-20(22)10-8-17/h2,4-5,7-10,12,19H,3,6,11,13-15H2,1H3,(H,23,25)/t19-/m1/s1. The van der Waals surface area contributed by atoms with Crippen molar-refractivity contribution in [2.75, 3.05) is 13.1 Å². The van der Waals surface area contributed by atoms with Gasteiger partial charge in [-0.3, -0.25) is 9.69 Å². The fraction of sp³-hybridized carbons (Fsp3) is 0.381. The molecule has 0 spiro atoms. The Kier molecular flexibility index (Phi) is 5.82. The zero-order chi connectivity index (χ0) is 17.6. The molecule has 0 saturated carbocycles. The Labute approximate surface area is 148 Å². The molecule has 132 valence electrons. The van der Waals surface area contributed by atoms with Gasteiger partial charge in [-0.15, -0.1) is 0 Å². The van der Waals surface area contributed by atoms with Crippen LogP contribution in [-0.4, -0.2) is 23.9 Å². The number of nitrogens with one attached hydrogen (secondary N) is 1. The van der Waals surface area contributed by atoms with E-state index in [1.807, 2.05) is 24.3 Å². The lowest BCUT2D eigenvalue weighted by Gasteiger charge is -2.32. The molecule has 0 bridgehead atoms. The fourth-order valence-electron chi connectivity index (χ4n) is 3.42. The Morgan fingerprint density at radius 3 is 2.76 bits per heavy atom. The summed E-state index contributed by atoms with van der Waals surface area (Å²) >= 11 is 0. The van der Waals surface area contributed by atoms with Gasteiger partial charge in [0.05, 0.1) is 5.92 Å². The van der Waals surface area contributed by atoms with Gasteiger partial charge in [0.25, 0.3) is 0 Å². The van der Waals surface area contributed by atoms with E-state index in [1.54, 1.807) is 0 Å². The van der Waals surface area contributed by atoms with Crippen molar-refractivity contribution in [3.63, 3.8) is 0 Å². The summed E-state index contributed by atoms with van der Waals surface area (Å²) < 4.78 is 13.0. The second-order valence-electron chi connectivity index (χ2n) is 6.91. The molecule has 1 saturated heterocycles. The lowest BCUT2D eigenvalue weighted by molar-refractivity contribution is -0.126.